The Kier molecular flexibility index (Phi) is 6.92. The summed E-state index contributed by atoms with van der Waals surface area (Å²) in [6.07, 6.45) is 8.90. The minimum atomic E-state index is -0.626. The van der Waals surface area contributed by atoms with Crippen molar-refractivity contribution in [2.24, 2.45) is 5.73 Å². The Morgan fingerprint density at radius 2 is 2.11 bits per heavy atom. The summed E-state index contributed by atoms with van der Waals surface area (Å²) >= 11 is 2.62. The van der Waals surface area contributed by atoms with Gasteiger partial charge in [0.2, 0.25) is 11.0 Å². The van der Waals surface area contributed by atoms with Crippen LogP contribution in [0.2, 0.25) is 0 Å². The molecule has 9 nitrogen and oxygen atoms in total. The number of Topliss-reactive ketones (excluding diaryl/α,β-unsaturated/α-hetero) is 1. The molecule has 0 bridgehead atoms. The van der Waals surface area contributed by atoms with Crippen LogP contribution in [-0.4, -0.2) is 33.7 Å². The monoisotopic (exact) mass is 510 g/mol. The fourth-order valence-corrected chi connectivity index (χ4v) is 6.73. The van der Waals surface area contributed by atoms with E-state index in [9.17, 15) is 14.9 Å². The van der Waals surface area contributed by atoms with Crippen LogP contribution in [0.1, 0.15) is 63.0 Å². The molecule has 5 rings (SSSR count). The van der Waals surface area contributed by atoms with E-state index in [1.54, 1.807) is 17.0 Å². The van der Waals surface area contributed by atoms with Crippen molar-refractivity contribution in [1.29, 1.82) is 5.26 Å². The highest BCUT2D eigenvalue weighted by Crippen LogP contribution is 2.47. The Morgan fingerprint density at radius 1 is 1.29 bits per heavy atom. The number of allylic oxidation sites excluding steroid dienone is 3. The Hall–Kier alpha value is -3.10. The summed E-state index contributed by atoms with van der Waals surface area (Å²) in [4.78, 5) is 27.1. The van der Waals surface area contributed by atoms with Gasteiger partial charge in [-0.3, -0.25) is 14.5 Å². The Bertz CT molecular complexity index is 1220. The molecule has 0 radical (unpaired) electrons. The predicted octanol–water partition coefficient (Wildman–Crippen LogP) is 3.98. The number of furan rings is 1. The molecule has 3 aliphatic rings. The first-order valence-electron chi connectivity index (χ1n) is 11.8. The Balaban J connectivity index is 1.38. The molecular weight excluding hydrogens is 484 g/mol. The number of hydrogen-bond acceptors (Lipinski definition) is 10. The number of ketones is 1. The number of anilines is 1. The van der Waals surface area contributed by atoms with E-state index in [-0.39, 0.29) is 34.9 Å². The first-order chi connectivity index (χ1) is 17.1. The molecule has 35 heavy (non-hydrogen) atoms. The van der Waals surface area contributed by atoms with Gasteiger partial charge in [0, 0.05) is 23.7 Å². The largest absolute Gasteiger partial charge is 0.468 e. The number of hydrogen-bond donors (Lipinski definition) is 2. The van der Waals surface area contributed by atoms with Crippen molar-refractivity contribution < 1.29 is 14.0 Å². The second kappa shape index (κ2) is 10.3. The van der Waals surface area contributed by atoms with Crippen LogP contribution in [-0.2, 0) is 9.59 Å². The van der Waals surface area contributed by atoms with Crippen molar-refractivity contribution in [2.45, 2.75) is 67.7 Å². The molecular formula is C24H26N6O3S2. The van der Waals surface area contributed by atoms with Crippen molar-refractivity contribution in [2.75, 3.05) is 10.7 Å². The zero-order valence-electron chi connectivity index (χ0n) is 19.2. The third-order valence-electron chi connectivity index (χ3n) is 6.63. The number of carbonyl (C=O) groups is 2. The second-order valence-electron chi connectivity index (χ2n) is 8.87. The number of aromatic nitrogens is 2. The second-order valence-corrected chi connectivity index (χ2v) is 11.1. The van der Waals surface area contributed by atoms with Gasteiger partial charge in [0.15, 0.2) is 10.1 Å². The van der Waals surface area contributed by atoms with Crippen LogP contribution in [0.5, 0.6) is 0 Å². The van der Waals surface area contributed by atoms with Gasteiger partial charge in [-0.05, 0) is 37.8 Å². The van der Waals surface area contributed by atoms with Crippen molar-refractivity contribution in [3.05, 3.63) is 46.8 Å². The molecule has 2 aromatic heterocycles. The van der Waals surface area contributed by atoms with Gasteiger partial charge in [0.25, 0.3) is 0 Å². The van der Waals surface area contributed by atoms with Gasteiger partial charge >= 0.3 is 0 Å². The van der Waals surface area contributed by atoms with E-state index in [2.05, 4.69) is 21.6 Å². The minimum absolute atomic E-state index is 0.00744. The lowest BCUT2D eigenvalue weighted by atomic mass is 9.78. The standard InChI is InChI=1S/C24H26N6O3S2/c25-12-15-20(18-10-5-11-33-18)21-16(8-4-9-17(21)31)30(22(15)26)23-28-29-24(35-23)34-13-19(32)27-14-6-2-1-3-7-14/h5,10-11,14,20H,1-4,6-9,13,26H2,(H,27,32). The first kappa shape index (κ1) is 23.6. The molecule has 182 valence electrons. The maximum atomic E-state index is 13.0. The van der Waals surface area contributed by atoms with Gasteiger partial charge in [-0.2, -0.15) is 5.26 Å². The number of carbonyl (C=O) groups excluding carboxylic acids is 2. The molecule has 1 fully saturated rings. The Morgan fingerprint density at radius 3 is 2.86 bits per heavy atom. The van der Waals surface area contributed by atoms with Crippen molar-refractivity contribution in [3.63, 3.8) is 0 Å². The van der Waals surface area contributed by atoms with Crippen LogP contribution >= 0.6 is 23.1 Å². The molecule has 1 saturated carbocycles. The molecule has 1 unspecified atom stereocenters. The molecule has 1 amide bonds. The SMILES string of the molecule is N#CC1=C(N)N(c2nnc(SCC(=O)NC3CCCCC3)s2)C2=C(C(=O)CCC2)C1c1ccco1. The number of rotatable bonds is 6. The molecule has 11 heteroatoms. The highest BCUT2D eigenvalue weighted by Gasteiger charge is 2.42. The number of nitrogens with one attached hydrogen (secondary N) is 1. The van der Waals surface area contributed by atoms with E-state index in [0.717, 1.165) is 31.4 Å². The lowest BCUT2D eigenvalue weighted by molar-refractivity contribution is -0.119. The zero-order valence-corrected chi connectivity index (χ0v) is 20.8. The number of nitrogens with two attached hydrogens (primary N) is 1. The molecule has 2 aliphatic carbocycles. The van der Waals surface area contributed by atoms with E-state index in [1.165, 1.54) is 35.8 Å². The average molecular weight is 511 g/mol. The average Bonchev–Trinajstić information content (AvgIpc) is 3.55. The van der Waals surface area contributed by atoms with Crippen LogP contribution in [0.4, 0.5) is 5.13 Å². The molecule has 3 N–H and O–H groups in total. The fourth-order valence-electron chi connectivity index (χ4n) is 5.04. The van der Waals surface area contributed by atoms with Gasteiger partial charge < -0.3 is 15.5 Å². The maximum Gasteiger partial charge on any atom is 0.230 e. The van der Waals surface area contributed by atoms with Crippen molar-refractivity contribution >= 4 is 39.9 Å². The molecule has 0 saturated heterocycles. The fraction of sp³-hybridized carbons (Fsp3) is 0.458. The van der Waals surface area contributed by atoms with E-state index < -0.39 is 5.92 Å². The van der Waals surface area contributed by atoms with E-state index >= 15 is 0 Å². The first-order valence-corrected chi connectivity index (χ1v) is 13.6. The molecule has 0 spiro atoms. The number of thioether (sulfide) groups is 1. The van der Waals surface area contributed by atoms with Gasteiger partial charge in [-0.15, -0.1) is 10.2 Å². The summed E-state index contributed by atoms with van der Waals surface area (Å²) < 4.78 is 6.22. The minimum Gasteiger partial charge on any atom is -0.468 e. The van der Waals surface area contributed by atoms with E-state index in [1.807, 2.05) is 0 Å². The highest BCUT2D eigenvalue weighted by atomic mass is 32.2. The molecule has 1 aliphatic heterocycles. The quantitative estimate of drug-likeness (QED) is 0.553. The number of nitriles is 1. The molecule has 3 heterocycles. The summed E-state index contributed by atoms with van der Waals surface area (Å²) in [6, 6.07) is 5.96. The number of amides is 1. The van der Waals surface area contributed by atoms with Gasteiger partial charge in [0.05, 0.1) is 29.6 Å². The van der Waals surface area contributed by atoms with Crippen molar-refractivity contribution in [3.8, 4) is 6.07 Å². The van der Waals surface area contributed by atoms with Crippen LogP contribution in [0.3, 0.4) is 0 Å². The topological polar surface area (TPSA) is 138 Å². The smallest absolute Gasteiger partial charge is 0.230 e. The lowest BCUT2D eigenvalue weighted by Crippen LogP contribution is -2.38. The van der Waals surface area contributed by atoms with Gasteiger partial charge in [-0.25, -0.2) is 0 Å². The maximum absolute atomic E-state index is 13.0. The Labute approximate surface area is 211 Å². The third kappa shape index (κ3) is 4.73. The van der Waals surface area contributed by atoms with Gasteiger partial charge in [-0.1, -0.05) is 42.4 Å². The molecule has 2 aromatic rings. The normalized spacial score (nSPS) is 21.2. The third-order valence-corrected chi connectivity index (χ3v) is 8.67. The summed E-state index contributed by atoms with van der Waals surface area (Å²) in [5.41, 5.74) is 8.04. The highest BCUT2D eigenvalue weighted by molar-refractivity contribution is 8.01. The van der Waals surface area contributed by atoms with E-state index in [4.69, 9.17) is 10.2 Å². The summed E-state index contributed by atoms with van der Waals surface area (Å²) in [7, 11) is 0. The van der Waals surface area contributed by atoms with Crippen LogP contribution in [0.25, 0.3) is 0 Å². The van der Waals surface area contributed by atoms with Crippen LogP contribution in [0.15, 0.2) is 49.8 Å². The zero-order chi connectivity index (χ0) is 24.4. The predicted molar refractivity (Wildman–Crippen MR) is 132 cm³/mol. The number of nitrogens with zero attached hydrogens (tertiary/aromatic N) is 4. The lowest BCUT2D eigenvalue weighted by Gasteiger charge is -2.37. The van der Waals surface area contributed by atoms with Crippen molar-refractivity contribution in [1.82, 2.24) is 15.5 Å². The van der Waals surface area contributed by atoms with E-state index in [0.29, 0.717) is 40.1 Å². The summed E-state index contributed by atoms with van der Waals surface area (Å²) in [5.74, 6) is 0.351. The van der Waals surface area contributed by atoms with Crippen LogP contribution < -0.4 is 16.0 Å². The van der Waals surface area contributed by atoms with Crippen LogP contribution in [0, 0.1) is 11.3 Å². The summed E-state index contributed by atoms with van der Waals surface area (Å²) in [5, 5.41) is 22.1. The molecule has 0 aromatic carbocycles. The van der Waals surface area contributed by atoms with Gasteiger partial charge in [0.1, 0.15) is 11.6 Å². The summed E-state index contributed by atoms with van der Waals surface area (Å²) in [6.45, 7) is 0. The molecule has 1 atom stereocenters.